The van der Waals surface area contributed by atoms with Crippen molar-refractivity contribution in [2.75, 3.05) is 11.1 Å². The van der Waals surface area contributed by atoms with Crippen LogP contribution in [0.4, 0.5) is 11.4 Å². The summed E-state index contributed by atoms with van der Waals surface area (Å²) >= 11 is 7.34. The van der Waals surface area contributed by atoms with Gasteiger partial charge in [-0.1, -0.05) is 23.7 Å². The first-order valence-corrected chi connectivity index (χ1v) is 6.25. The molecule has 17 heavy (non-hydrogen) atoms. The second kappa shape index (κ2) is 4.77. The minimum Gasteiger partial charge on any atom is -0.397 e. The van der Waals surface area contributed by atoms with Crippen LogP contribution in [0.2, 0.25) is 5.02 Å². The Morgan fingerprint density at radius 3 is 2.76 bits per heavy atom. The zero-order chi connectivity index (χ0) is 12.4. The van der Waals surface area contributed by atoms with Crippen molar-refractivity contribution in [1.29, 1.82) is 0 Å². The van der Waals surface area contributed by atoms with Gasteiger partial charge in [0.2, 0.25) is 0 Å². The van der Waals surface area contributed by atoms with E-state index in [0.29, 0.717) is 21.3 Å². The number of hydrogen-bond donors (Lipinski definition) is 2. The third-order valence-corrected chi connectivity index (χ3v) is 3.61. The highest BCUT2D eigenvalue weighted by Crippen LogP contribution is 2.27. The highest BCUT2D eigenvalue weighted by molar-refractivity contribution is 7.12. The van der Waals surface area contributed by atoms with E-state index in [4.69, 9.17) is 17.3 Å². The number of nitrogens with two attached hydrogens (primary N) is 1. The van der Waals surface area contributed by atoms with Crippen LogP contribution in [0.5, 0.6) is 0 Å². The molecule has 2 rings (SSSR count). The van der Waals surface area contributed by atoms with Crippen LogP contribution in [-0.2, 0) is 0 Å². The molecule has 0 unspecified atom stereocenters. The van der Waals surface area contributed by atoms with Gasteiger partial charge in [-0.3, -0.25) is 4.79 Å². The molecule has 3 N–H and O–H groups in total. The molecule has 5 heteroatoms. The largest absolute Gasteiger partial charge is 0.397 e. The summed E-state index contributed by atoms with van der Waals surface area (Å²) in [5.74, 6) is -0.228. The fourth-order valence-electron chi connectivity index (χ4n) is 1.46. The van der Waals surface area contributed by atoms with E-state index >= 15 is 0 Å². The van der Waals surface area contributed by atoms with E-state index in [2.05, 4.69) is 5.32 Å². The van der Waals surface area contributed by atoms with Crippen molar-refractivity contribution in [3.63, 3.8) is 0 Å². The lowest BCUT2D eigenvalue weighted by Crippen LogP contribution is -2.13. The van der Waals surface area contributed by atoms with Crippen molar-refractivity contribution < 1.29 is 4.79 Å². The van der Waals surface area contributed by atoms with Gasteiger partial charge in [0.15, 0.2) is 0 Å². The summed E-state index contributed by atoms with van der Waals surface area (Å²) in [7, 11) is 0. The monoisotopic (exact) mass is 266 g/mol. The average molecular weight is 267 g/mol. The fourth-order valence-corrected chi connectivity index (χ4v) is 2.45. The molecule has 0 saturated heterocycles. The number of benzene rings is 1. The van der Waals surface area contributed by atoms with Crippen molar-refractivity contribution in [2.24, 2.45) is 0 Å². The Balaban J connectivity index is 2.28. The SMILES string of the molecule is Cc1cccc(Cl)c1NC(=O)c1sccc1N. The molecule has 0 aliphatic heterocycles. The van der Waals surface area contributed by atoms with Gasteiger partial charge in [-0.25, -0.2) is 0 Å². The summed E-state index contributed by atoms with van der Waals surface area (Å²) in [5, 5.41) is 5.08. The molecule has 3 nitrogen and oxygen atoms in total. The van der Waals surface area contributed by atoms with E-state index < -0.39 is 0 Å². The van der Waals surface area contributed by atoms with Gasteiger partial charge in [0.25, 0.3) is 5.91 Å². The summed E-state index contributed by atoms with van der Waals surface area (Å²) in [4.78, 5) is 12.5. The van der Waals surface area contributed by atoms with Gasteiger partial charge in [-0.15, -0.1) is 11.3 Å². The van der Waals surface area contributed by atoms with Gasteiger partial charge >= 0.3 is 0 Å². The van der Waals surface area contributed by atoms with Gasteiger partial charge in [0.05, 0.1) is 16.4 Å². The third kappa shape index (κ3) is 2.43. The second-order valence-corrected chi connectivity index (χ2v) is 4.91. The van der Waals surface area contributed by atoms with Gasteiger partial charge in [-0.05, 0) is 30.0 Å². The molecule has 2 aromatic rings. The van der Waals surface area contributed by atoms with E-state index in [1.165, 1.54) is 11.3 Å². The number of rotatable bonds is 2. The Morgan fingerprint density at radius 2 is 2.18 bits per heavy atom. The van der Waals surface area contributed by atoms with E-state index in [-0.39, 0.29) is 5.91 Å². The summed E-state index contributed by atoms with van der Waals surface area (Å²) in [5.41, 5.74) is 7.72. The number of halogens is 1. The van der Waals surface area contributed by atoms with Gasteiger partial charge in [0.1, 0.15) is 4.88 Å². The van der Waals surface area contributed by atoms with E-state index in [9.17, 15) is 4.79 Å². The molecule has 0 fully saturated rings. The van der Waals surface area contributed by atoms with Crippen LogP contribution in [0.15, 0.2) is 29.6 Å². The molecular formula is C12H11ClN2OS. The third-order valence-electron chi connectivity index (χ3n) is 2.36. The number of carbonyl (C=O) groups excluding carboxylic acids is 1. The van der Waals surface area contributed by atoms with Crippen LogP contribution >= 0.6 is 22.9 Å². The lowest BCUT2D eigenvalue weighted by Gasteiger charge is -2.09. The lowest BCUT2D eigenvalue weighted by atomic mass is 10.2. The highest BCUT2D eigenvalue weighted by atomic mass is 35.5. The summed E-state index contributed by atoms with van der Waals surface area (Å²) in [6.07, 6.45) is 0. The molecule has 0 spiro atoms. The molecular weight excluding hydrogens is 256 g/mol. The first-order chi connectivity index (χ1) is 8.09. The zero-order valence-electron chi connectivity index (χ0n) is 9.16. The van der Waals surface area contributed by atoms with E-state index in [1.54, 1.807) is 17.5 Å². The highest BCUT2D eigenvalue weighted by Gasteiger charge is 2.13. The molecule has 88 valence electrons. The molecule has 1 aromatic carbocycles. The zero-order valence-corrected chi connectivity index (χ0v) is 10.7. The standard InChI is InChI=1S/C12H11ClN2OS/c1-7-3-2-4-8(13)10(7)15-12(16)11-9(14)5-6-17-11/h2-6H,14H2,1H3,(H,15,16). The van der Waals surface area contributed by atoms with Gasteiger partial charge in [0, 0.05) is 0 Å². The van der Waals surface area contributed by atoms with Crippen LogP contribution < -0.4 is 11.1 Å². The van der Waals surface area contributed by atoms with E-state index in [1.807, 2.05) is 19.1 Å². The Bertz CT molecular complexity index is 545. The number of hydrogen-bond acceptors (Lipinski definition) is 3. The normalized spacial score (nSPS) is 10.2. The predicted octanol–water partition coefficient (Wildman–Crippen LogP) is 3.54. The first kappa shape index (κ1) is 12.0. The smallest absolute Gasteiger partial charge is 0.267 e. The summed E-state index contributed by atoms with van der Waals surface area (Å²) < 4.78 is 0. The number of amides is 1. The Morgan fingerprint density at radius 1 is 1.41 bits per heavy atom. The fraction of sp³-hybridized carbons (Fsp3) is 0.0833. The topological polar surface area (TPSA) is 55.1 Å². The lowest BCUT2D eigenvalue weighted by molar-refractivity contribution is 0.103. The van der Waals surface area contributed by atoms with Crippen LogP contribution in [0, 0.1) is 6.92 Å². The minimum absolute atomic E-state index is 0.228. The second-order valence-electron chi connectivity index (χ2n) is 3.59. The van der Waals surface area contributed by atoms with E-state index in [0.717, 1.165) is 5.56 Å². The Labute approximate surface area is 108 Å². The molecule has 0 bridgehead atoms. The first-order valence-electron chi connectivity index (χ1n) is 4.99. The minimum atomic E-state index is -0.228. The van der Waals surface area contributed by atoms with Crippen LogP contribution in [0.3, 0.4) is 0 Å². The number of nitrogens with one attached hydrogen (secondary N) is 1. The molecule has 0 atom stereocenters. The molecule has 1 amide bonds. The number of aryl methyl sites for hydroxylation is 1. The quantitative estimate of drug-likeness (QED) is 0.873. The van der Waals surface area contributed by atoms with Crippen molar-refractivity contribution >= 4 is 40.2 Å². The summed E-state index contributed by atoms with van der Waals surface area (Å²) in [6.45, 7) is 1.89. The van der Waals surface area contributed by atoms with Crippen molar-refractivity contribution in [3.8, 4) is 0 Å². The van der Waals surface area contributed by atoms with Crippen LogP contribution in [0.25, 0.3) is 0 Å². The van der Waals surface area contributed by atoms with Crippen molar-refractivity contribution in [3.05, 3.63) is 45.1 Å². The van der Waals surface area contributed by atoms with Crippen LogP contribution in [-0.4, -0.2) is 5.91 Å². The number of anilines is 2. The van der Waals surface area contributed by atoms with Crippen LogP contribution in [0.1, 0.15) is 15.2 Å². The summed E-state index contributed by atoms with van der Waals surface area (Å²) in [6, 6.07) is 7.17. The predicted molar refractivity (Wildman–Crippen MR) is 72.9 cm³/mol. The molecule has 0 radical (unpaired) electrons. The average Bonchev–Trinajstić information content (AvgIpc) is 2.70. The van der Waals surface area contributed by atoms with Crippen molar-refractivity contribution in [2.45, 2.75) is 6.92 Å². The maximum Gasteiger partial charge on any atom is 0.267 e. The molecule has 0 aliphatic rings. The Kier molecular flexibility index (Phi) is 3.36. The number of thiophene rings is 1. The maximum atomic E-state index is 12.0. The van der Waals surface area contributed by atoms with Crippen molar-refractivity contribution in [1.82, 2.24) is 0 Å². The molecule has 0 saturated carbocycles. The number of carbonyl (C=O) groups is 1. The maximum absolute atomic E-state index is 12.0. The van der Waals surface area contributed by atoms with Gasteiger partial charge < -0.3 is 11.1 Å². The Hall–Kier alpha value is -1.52. The molecule has 1 heterocycles. The molecule has 1 aromatic heterocycles. The number of para-hydroxylation sites is 1. The molecule has 0 aliphatic carbocycles. The number of nitrogen functional groups attached to an aromatic ring is 1. The van der Waals surface area contributed by atoms with Gasteiger partial charge in [-0.2, -0.15) is 0 Å².